The molecule has 1 unspecified atom stereocenters. The number of hydrogen-bond donors (Lipinski definition) is 3. The zero-order valence-corrected chi connectivity index (χ0v) is 18.0. The number of aromatic amines is 1. The molecule has 2 amide bonds. The van der Waals surface area contributed by atoms with Crippen molar-refractivity contribution in [3.63, 3.8) is 0 Å². The first-order valence-electron chi connectivity index (χ1n) is 9.93. The van der Waals surface area contributed by atoms with Gasteiger partial charge in [-0.1, -0.05) is 54.1 Å². The van der Waals surface area contributed by atoms with Crippen LogP contribution in [0, 0.1) is 0 Å². The molecule has 4 rings (SSSR count). The summed E-state index contributed by atoms with van der Waals surface area (Å²) in [5.74, 6) is -3.68. The number of H-pyrrole nitrogens is 1. The van der Waals surface area contributed by atoms with Crippen LogP contribution >= 0.6 is 11.6 Å². The van der Waals surface area contributed by atoms with Crippen LogP contribution in [0.1, 0.15) is 21.5 Å². The van der Waals surface area contributed by atoms with Crippen LogP contribution < -0.4 is 21.9 Å². The van der Waals surface area contributed by atoms with Gasteiger partial charge in [-0.2, -0.15) is 13.2 Å². The van der Waals surface area contributed by atoms with Crippen molar-refractivity contribution >= 4 is 29.2 Å². The fourth-order valence-corrected chi connectivity index (χ4v) is 4.03. The lowest BCUT2D eigenvalue weighted by Gasteiger charge is -2.30. The molecule has 3 N–H and O–H groups in total. The number of aryl methyl sites for hydroxylation is 1. The molecule has 0 saturated carbocycles. The van der Waals surface area contributed by atoms with E-state index in [9.17, 15) is 32.3 Å². The van der Waals surface area contributed by atoms with E-state index in [1.165, 1.54) is 24.3 Å². The normalized spacial score (nSPS) is 17.2. The number of nitrogens with one attached hydrogen (secondary N) is 3. The number of fused-ring (bicyclic) bond motifs is 1. The number of benzene rings is 2. The van der Waals surface area contributed by atoms with Gasteiger partial charge in [0.15, 0.2) is 0 Å². The average Bonchev–Trinajstić information content (AvgIpc) is 3.07. The number of anilines is 1. The largest absolute Gasteiger partial charge is 0.425 e. The van der Waals surface area contributed by atoms with Gasteiger partial charge in [-0.3, -0.25) is 23.9 Å². The van der Waals surface area contributed by atoms with Crippen molar-refractivity contribution in [1.29, 1.82) is 0 Å². The Morgan fingerprint density at radius 3 is 2.32 bits per heavy atom. The summed E-state index contributed by atoms with van der Waals surface area (Å²) in [5.41, 5.74) is -6.89. The van der Waals surface area contributed by atoms with Gasteiger partial charge in [0.25, 0.3) is 22.9 Å². The fourth-order valence-electron chi connectivity index (χ4n) is 3.81. The highest BCUT2D eigenvalue weighted by atomic mass is 35.5. The van der Waals surface area contributed by atoms with Crippen molar-refractivity contribution < 1.29 is 22.8 Å². The van der Waals surface area contributed by atoms with E-state index in [0.29, 0.717) is 0 Å². The first-order valence-corrected chi connectivity index (χ1v) is 10.3. The van der Waals surface area contributed by atoms with Crippen LogP contribution in [0.4, 0.5) is 19.0 Å². The Bertz CT molecular complexity index is 1400. The van der Waals surface area contributed by atoms with Gasteiger partial charge in [0.05, 0.1) is 10.6 Å². The Morgan fingerprint density at radius 2 is 1.68 bits per heavy atom. The van der Waals surface area contributed by atoms with E-state index in [0.717, 1.165) is 10.1 Å². The van der Waals surface area contributed by atoms with Crippen LogP contribution in [0.5, 0.6) is 0 Å². The van der Waals surface area contributed by atoms with E-state index in [2.05, 4.69) is 0 Å². The molecule has 34 heavy (non-hydrogen) atoms. The number of carbonyl (C=O) groups is 2. The van der Waals surface area contributed by atoms with E-state index in [1.807, 2.05) is 10.3 Å². The Morgan fingerprint density at radius 1 is 1.03 bits per heavy atom. The predicted molar refractivity (Wildman–Crippen MR) is 117 cm³/mol. The molecule has 176 valence electrons. The van der Waals surface area contributed by atoms with E-state index >= 15 is 0 Å². The Hall–Kier alpha value is -3.86. The van der Waals surface area contributed by atoms with E-state index in [-0.39, 0.29) is 23.6 Å². The third-order valence-corrected chi connectivity index (χ3v) is 5.79. The van der Waals surface area contributed by atoms with Gasteiger partial charge in [0.2, 0.25) is 0 Å². The number of aromatic nitrogens is 2. The minimum Gasteiger partial charge on any atom is -0.326 e. The maximum Gasteiger partial charge on any atom is 0.425 e. The highest BCUT2D eigenvalue weighted by Gasteiger charge is 2.68. The first-order chi connectivity index (χ1) is 16.1. The summed E-state index contributed by atoms with van der Waals surface area (Å²) in [4.78, 5) is 52.4. The summed E-state index contributed by atoms with van der Waals surface area (Å²) in [6, 6.07) is 14.1. The molecule has 12 heteroatoms. The quantitative estimate of drug-likeness (QED) is 0.508. The third-order valence-electron chi connectivity index (χ3n) is 5.46. The number of halogens is 4. The maximum atomic E-state index is 14.4. The zero-order chi connectivity index (χ0) is 24.7. The fraction of sp³-hybridized carbons (Fsp3) is 0.182. The van der Waals surface area contributed by atoms with Crippen molar-refractivity contribution in [3.8, 4) is 0 Å². The average molecular weight is 493 g/mol. The monoisotopic (exact) mass is 492 g/mol. The lowest BCUT2D eigenvalue weighted by Crippen LogP contribution is -2.62. The molecule has 8 nitrogen and oxygen atoms in total. The third kappa shape index (κ3) is 3.77. The molecule has 0 spiro atoms. The van der Waals surface area contributed by atoms with Crippen molar-refractivity contribution in [2.45, 2.75) is 24.7 Å². The molecule has 0 saturated heterocycles. The van der Waals surface area contributed by atoms with Gasteiger partial charge < -0.3 is 10.6 Å². The number of carbonyl (C=O) groups excluding carboxylic acids is 2. The molecule has 0 bridgehead atoms. The number of hydrogen-bond acceptors (Lipinski definition) is 4. The second-order valence-electron chi connectivity index (χ2n) is 7.51. The van der Waals surface area contributed by atoms with E-state index < -0.39 is 46.2 Å². The van der Waals surface area contributed by atoms with Gasteiger partial charge in [-0.25, -0.2) is 4.79 Å². The molecule has 3 aromatic rings. The minimum atomic E-state index is -5.44. The molecule has 1 aliphatic heterocycles. The highest BCUT2D eigenvalue weighted by Crippen LogP contribution is 2.45. The zero-order valence-electron chi connectivity index (χ0n) is 17.2. The summed E-state index contributed by atoms with van der Waals surface area (Å²) in [6.45, 7) is -0.144. The van der Waals surface area contributed by atoms with Gasteiger partial charge in [0, 0.05) is 6.54 Å². The summed E-state index contributed by atoms with van der Waals surface area (Å²) >= 11 is 5.92. The summed E-state index contributed by atoms with van der Waals surface area (Å²) in [6.07, 6.45) is -5.21. The van der Waals surface area contributed by atoms with Crippen LogP contribution in [0.25, 0.3) is 0 Å². The number of alkyl halides is 3. The topological polar surface area (TPSA) is 113 Å². The minimum absolute atomic E-state index is 0.144. The summed E-state index contributed by atoms with van der Waals surface area (Å²) in [7, 11) is 0. The van der Waals surface area contributed by atoms with Crippen molar-refractivity contribution in [1.82, 2.24) is 14.9 Å². The SMILES string of the molecule is O=C(NC1(C(F)(F)F)C(=O)Nc2c1c(=O)[nH]c(=O)n2CCc1ccccc1)c1ccccc1Cl. The molecule has 1 atom stereocenters. The predicted octanol–water partition coefficient (Wildman–Crippen LogP) is 2.57. The second-order valence-corrected chi connectivity index (χ2v) is 7.91. The molecule has 0 radical (unpaired) electrons. The molecule has 0 aliphatic carbocycles. The lowest BCUT2D eigenvalue weighted by atomic mass is 9.91. The van der Waals surface area contributed by atoms with E-state index in [4.69, 9.17) is 11.6 Å². The standard InChI is InChI=1S/C22H16ClF3N4O4/c23-14-9-5-4-8-13(14)17(31)29-21(22(24,25)26)15-16(27-19(21)33)30(20(34)28-18(15)32)11-10-12-6-2-1-3-7-12/h1-9H,10-11H2,(H,27,33)(H,29,31)(H,28,32,34). The first kappa shape index (κ1) is 23.3. The van der Waals surface area contributed by atoms with Gasteiger partial charge in [-0.05, 0) is 24.1 Å². The van der Waals surface area contributed by atoms with Crippen LogP contribution in [0.2, 0.25) is 5.02 Å². The number of nitrogens with zero attached hydrogens (tertiary/aromatic N) is 1. The Balaban J connectivity index is 1.85. The molecule has 1 aromatic heterocycles. The maximum absolute atomic E-state index is 14.4. The molecule has 2 aromatic carbocycles. The summed E-state index contributed by atoms with van der Waals surface area (Å²) in [5, 5.41) is 3.50. The Labute approximate surface area is 194 Å². The van der Waals surface area contributed by atoms with Crippen molar-refractivity contribution in [2.75, 3.05) is 5.32 Å². The summed E-state index contributed by atoms with van der Waals surface area (Å²) < 4.78 is 44.1. The van der Waals surface area contributed by atoms with Crippen LogP contribution in [-0.4, -0.2) is 27.5 Å². The lowest BCUT2D eigenvalue weighted by molar-refractivity contribution is -0.196. The van der Waals surface area contributed by atoms with Crippen LogP contribution in [0.3, 0.4) is 0 Å². The van der Waals surface area contributed by atoms with Gasteiger partial charge in [-0.15, -0.1) is 0 Å². The second kappa shape index (κ2) is 8.49. The van der Waals surface area contributed by atoms with Gasteiger partial charge >= 0.3 is 11.9 Å². The van der Waals surface area contributed by atoms with Crippen LogP contribution in [-0.2, 0) is 23.3 Å². The van der Waals surface area contributed by atoms with Crippen molar-refractivity contribution in [3.05, 3.63) is 97.1 Å². The van der Waals surface area contributed by atoms with Crippen LogP contribution in [0.15, 0.2) is 64.2 Å². The van der Waals surface area contributed by atoms with Crippen molar-refractivity contribution in [2.24, 2.45) is 0 Å². The number of rotatable bonds is 5. The Kier molecular flexibility index (Phi) is 5.82. The number of amides is 2. The van der Waals surface area contributed by atoms with E-state index in [1.54, 1.807) is 35.6 Å². The van der Waals surface area contributed by atoms with Gasteiger partial charge in [0.1, 0.15) is 11.4 Å². The molecule has 0 fully saturated rings. The smallest absolute Gasteiger partial charge is 0.326 e. The molecule has 2 heterocycles. The highest BCUT2D eigenvalue weighted by molar-refractivity contribution is 6.34. The molecular formula is C22H16ClF3N4O4. The molecular weight excluding hydrogens is 477 g/mol. The molecule has 1 aliphatic rings.